The second-order valence-electron chi connectivity index (χ2n) is 6.47. The topological polar surface area (TPSA) is 46.5 Å². The minimum Gasteiger partial charge on any atom is -0.488 e. The number of halogens is 2. The molecule has 3 rings (SSSR count). The van der Waals surface area contributed by atoms with Crippen LogP contribution < -0.4 is 4.74 Å². The van der Waals surface area contributed by atoms with Gasteiger partial charge in [-0.2, -0.15) is 0 Å². The van der Waals surface area contributed by atoms with E-state index in [1.165, 1.54) is 12.1 Å². The Kier molecular flexibility index (Phi) is 6.04. The first kappa shape index (κ1) is 19.5. The maximum Gasteiger partial charge on any atom is 0.335 e. The first-order valence-corrected chi connectivity index (χ1v) is 8.97. The minimum absolute atomic E-state index is 0.0360. The number of aromatic carboxylic acids is 1. The molecule has 5 heteroatoms. The fourth-order valence-corrected chi connectivity index (χ4v) is 2.92. The Labute approximate surface area is 162 Å². The van der Waals surface area contributed by atoms with Gasteiger partial charge in [-0.15, -0.1) is 0 Å². The summed E-state index contributed by atoms with van der Waals surface area (Å²) in [6, 6.07) is 16.3. The number of rotatable bonds is 7. The van der Waals surface area contributed by atoms with Crippen molar-refractivity contribution in [2.75, 3.05) is 0 Å². The molecule has 0 aromatic heterocycles. The van der Waals surface area contributed by atoms with E-state index in [0.29, 0.717) is 12.0 Å². The van der Waals surface area contributed by atoms with Crippen LogP contribution in [0.3, 0.4) is 0 Å². The summed E-state index contributed by atoms with van der Waals surface area (Å²) in [5.74, 6) is -2.31. The highest BCUT2D eigenvalue weighted by Gasteiger charge is 2.18. The Morgan fingerprint density at radius 2 is 1.71 bits per heavy atom. The summed E-state index contributed by atoms with van der Waals surface area (Å²) < 4.78 is 34.8. The van der Waals surface area contributed by atoms with Gasteiger partial charge in [0.15, 0.2) is 0 Å². The molecule has 0 radical (unpaired) electrons. The van der Waals surface area contributed by atoms with Gasteiger partial charge in [-0.1, -0.05) is 49.4 Å². The second-order valence-corrected chi connectivity index (χ2v) is 6.47. The number of carbonyl (C=O) groups is 1. The summed E-state index contributed by atoms with van der Waals surface area (Å²) >= 11 is 0. The van der Waals surface area contributed by atoms with Gasteiger partial charge >= 0.3 is 5.97 Å². The van der Waals surface area contributed by atoms with E-state index in [0.717, 1.165) is 17.2 Å². The lowest BCUT2D eigenvalue weighted by molar-refractivity contribution is 0.0695. The first-order chi connectivity index (χ1) is 13.5. The Balaban J connectivity index is 1.95. The van der Waals surface area contributed by atoms with Crippen LogP contribution in [0.4, 0.5) is 8.78 Å². The summed E-state index contributed by atoms with van der Waals surface area (Å²) in [5.41, 5.74) is 1.94. The smallest absolute Gasteiger partial charge is 0.335 e. The molecule has 3 aromatic rings. The van der Waals surface area contributed by atoms with E-state index >= 15 is 0 Å². The summed E-state index contributed by atoms with van der Waals surface area (Å²) in [5, 5.41) is 9.22. The summed E-state index contributed by atoms with van der Waals surface area (Å²) in [6.07, 6.45) is 0.663. The zero-order valence-corrected chi connectivity index (χ0v) is 15.4. The van der Waals surface area contributed by atoms with Crippen molar-refractivity contribution in [1.29, 1.82) is 0 Å². The molecule has 0 aliphatic rings. The molecule has 0 amide bonds. The van der Waals surface area contributed by atoms with Crippen molar-refractivity contribution in [1.82, 2.24) is 0 Å². The highest BCUT2D eigenvalue weighted by atomic mass is 19.1. The van der Waals surface area contributed by atoms with Crippen LogP contribution in [0.15, 0.2) is 60.7 Å². The van der Waals surface area contributed by atoms with Crippen LogP contribution in [0.2, 0.25) is 0 Å². The number of aryl methyl sites for hydroxylation is 1. The summed E-state index contributed by atoms with van der Waals surface area (Å²) in [4.78, 5) is 11.3. The molecule has 0 atom stereocenters. The van der Waals surface area contributed by atoms with Crippen LogP contribution in [0.5, 0.6) is 5.75 Å². The quantitative estimate of drug-likeness (QED) is 0.595. The molecule has 3 aromatic carbocycles. The number of ether oxygens (including phenoxy) is 1. The number of hydrogen-bond donors (Lipinski definition) is 1. The zero-order valence-electron chi connectivity index (χ0n) is 15.4. The number of hydrogen-bond acceptors (Lipinski definition) is 2. The first-order valence-electron chi connectivity index (χ1n) is 8.97. The Morgan fingerprint density at radius 1 is 0.964 bits per heavy atom. The fourth-order valence-electron chi connectivity index (χ4n) is 2.92. The molecule has 0 spiro atoms. The third-order valence-electron chi connectivity index (χ3n) is 4.53. The van der Waals surface area contributed by atoms with E-state index in [1.54, 1.807) is 12.1 Å². The van der Waals surface area contributed by atoms with Gasteiger partial charge < -0.3 is 9.84 Å². The van der Waals surface area contributed by atoms with E-state index < -0.39 is 17.6 Å². The molecule has 0 heterocycles. The van der Waals surface area contributed by atoms with Crippen molar-refractivity contribution in [3.63, 3.8) is 0 Å². The van der Waals surface area contributed by atoms with E-state index in [4.69, 9.17) is 4.74 Å². The van der Waals surface area contributed by atoms with E-state index in [-0.39, 0.29) is 29.9 Å². The van der Waals surface area contributed by atoms with Crippen LogP contribution in [0, 0.1) is 11.6 Å². The normalized spacial score (nSPS) is 10.7. The molecule has 144 valence electrons. The van der Waals surface area contributed by atoms with E-state index in [1.807, 2.05) is 37.3 Å². The van der Waals surface area contributed by atoms with Gasteiger partial charge in [-0.3, -0.25) is 0 Å². The van der Waals surface area contributed by atoms with E-state index in [9.17, 15) is 18.7 Å². The van der Waals surface area contributed by atoms with Crippen LogP contribution in [0.25, 0.3) is 0 Å². The molecule has 0 aliphatic heterocycles. The molecule has 0 unspecified atom stereocenters. The summed E-state index contributed by atoms with van der Waals surface area (Å²) in [6.45, 7) is 2.07. The average Bonchev–Trinajstić information content (AvgIpc) is 2.70. The molecular weight excluding hydrogens is 362 g/mol. The van der Waals surface area contributed by atoms with Crippen molar-refractivity contribution in [2.45, 2.75) is 26.4 Å². The molecule has 0 bridgehead atoms. The highest BCUT2D eigenvalue weighted by Crippen LogP contribution is 2.29. The monoisotopic (exact) mass is 382 g/mol. The lowest BCUT2D eigenvalue weighted by Gasteiger charge is -2.14. The number of carboxylic acid groups (broad SMARTS) is 1. The Bertz CT molecular complexity index is 985. The molecule has 0 fully saturated rings. The van der Waals surface area contributed by atoms with Crippen molar-refractivity contribution in [2.24, 2.45) is 0 Å². The summed E-state index contributed by atoms with van der Waals surface area (Å²) in [7, 11) is 0. The molecule has 28 heavy (non-hydrogen) atoms. The van der Waals surface area contributed by atoms with E-state index in [2.05, 4.69) is 0 Å². The highest BCUT2D eigenvalue weighted by molar-refractivity contribution is 5.88. The maximum absolute atomic E-state index is 14.7. The van der Waals surface area contributed by atoms with Crippen LogP contribution in [0.1, 0.15) is 39.5 Å². The van der Waals surface area contributed by atoms with Crippen LogP contribution in [-0.4, -0.2) is 11.1 Å². The molecule has 0 saturated heterocycles. The van der Waals surface area contributed by atoms with Crippen LogP contribution >= 0.6 is 0 Å². The standard InChI is InChI=1S/C23H20F2O3/c1-2-15-8-9-17(20(24)10-15)11-19-21(25)12-18(23(26)27)13-22(19)28-14-16-6-4-3-5-7-16/h3-10,12-13H,2,11,14H2,1H3,(H,26,27). The number of benzene rings is 3. The fraction of sp³-hybridized carbons (Fsp3) is 0.174. The van der Waals surface area contributed by atoms with Gasteiger partial charge in [0, 0.05) is 12.0 Å². The predicted molar refractivity (Wildman–Crippen MR) is 103 cm³/mol. The molecule has 0 aliphatic carbocycles. The van der Waals surface area contributed by atoms with Crippen molar-refractivity contribution < 1.29 is 23.4 Å². The van der Waals surface area contributed by atoms with Gasteiger partial charge in [0.25, 0.3) is 0 Å². The Hall–Kier alpha value is -3.21. The van der Waals surface area contributed by atoms with Gasteiger partial charge in [0.2, 0.25) is 0 Å². The van der Waals surface area contributed by atoms with Gasteiger partial charge in [-0.25, -0.2) is 13.6 Å². The van der Waals surface area contributed by atoms with Gasteiger partial charge in [0.05, 0.1) is 5.56 Å². The Morgan fingerprint density at radius 3 is 2.36 bits per heavy atom. The second kappa shape index (κ2) is 8.65. The lowest BCUT2D eigenvalue weighted by Crippen LogP contribution is -2.06. The number of carboxylic acids is 1. The molecular formula is C23H20F2O3. The maximum atomic E-state index is 14.7. The average molecular weight is 382 g/mol. The molecule has 1 N–H and O–H groups in total. The zero-order chi connectivity index (χ0) is 20.1. The van der Waals surface area contributed by atoms with Gasteiger partial charge in [0.1, 0.15) is 24.0 Å². The van der Waals surface area contributed by atoms with Crippen molar-refractivity contribution in [3.05, 3.63) is 100 Å². The van der Waals surface area contributed by atoms with Crippen molar-refractivity contribution in [3.8, 4) is 5.75 Å². The van der Waals surface area contributed by atoms with Gasteiger partial charge in [-0.05, 0) is 41.3 Å². The molecule has 0 saturated carbocycles. The van der Waals surface area contributed by atoms with Crippen molar-refractivity contribution >= 4 is 5.97 Å². The largest absolute Gasteiger partial charge is 0.488 e. The lowest BCUT2D eigenvalue weighted by atomic mass is 9.99. The van der Waals surface area contributed by atoms with Crippen LogP contribution in [-0.2, 0) is 19.4 Å². The molecule has 3 nitrogen and oxygen atoms in total. The predicted octanol–water partition coefficient (Wildman–Crippen LogP) is 5.40. The third-order valence-corrected chi connectivity index (χ3v) is 4.53. The minimum atomic E-state index is -1.26. The third kappa shape index (κ3) is 4.55. The SMILES string of the molecule is CCc1ccc(Cc2c(F)cc(C(=O)O)cc2OCc2ccccc2)c(F)c1.